The molecule has 0 spiro atoms. The lowest BCUT2D eigenvalue weighted by Crippen LogP contribution is -2.61. The lowest BCUT2D eigenvalue weighted by Gasteiger charge is -2.43. The van der Waals surface area contributed by atoms with Crippen LogP contribution in [0, 0.1) is 0 Å². The number of nitrogens with zero attached hydrogens (tertiary/aromatic N) is 2. The molecular weight excluding hydrogens is 256 g/mol. The normalized spacial score (nSPS) is 27.8. The summed E-state index contributed by atoms with van der Waals surface area (Å²) in [5, 5.41) is 2.08. The van der Waals surface area contributed by atoms with Crippen LogP contribution in [0.15, 0.2) is 0 Å². The number of amides is 2. The van der Waals surface area contributed by atoms with Gasteiger partial charge in [0, 0.05) is 26.4 Å². The van der Waals surface area contributed by atoms with Crippen molar-refractivity contribution >= 4 is 21.7 Å². The summed E-state index contributed by atoms with van der Waals surface area (Å²) in [4.78, 5) is 23.1. The monoisotopic (exact) mass is 276 g/mol. The Bertz CT molecular complexity index is 432. The van der Waals surface area contributed by atoms with E-state index in [0.29, 0.717) is 6.42 Å². The molecule has 6 nitrogen and oxygen atoms in total. The quantitative estimate of drug-likeness (QED) is 0.720. The summed E-state index contributed by atoms with van der Waals surface area (Å²) in [7, 11) is -3.13. The summed E-state index contributed by atoms with van der Waals surface area (Å²) in [6.07, 6.45) is 0.567. The fraction of sp³-hybridized carbons (Fsp3) is 0.818. The van der Waals surface area contributed by atoms with Gasteiger partial charge in [-0.15, -0.1) is 0 Å². The maximum atomic E-state index is 11.8. The summed E-state index contributed by atoms with van der Waals surface area (Å²) >= 11 is 0. The number of rotatable bonds is 2. The number of carbonyl (C=O) groups excluding carboxylic acids is 2. The molecule has 0 aromatic heterocycles. The van der Waals surface area contributed by atoms with Gasteiger partial charge in [-0.1, -0.05) is 6.92 Å². The molecule has 1 heterocycles. The highest BCUT2D eigenvalue weighted by Gasteiger charge is 2.41. The molecule has 104 valence electrons. The first-order valence-electron chi connectivity index (χ1n) is 6.01. The zero-order valence-electron chi connectivity index (χ0n) is 11.2. The Balaban J connectivity index is 3.09. The van der Waals surface area contributed by atoms with Crippen LogP contribution < -0.4 is 0 Å². The second-order valence-corrected chi connectivity index (χ2v) is 7.04. The molecule has 2 amide bonds. The molecule has 0 aromatic rings. The molecule has 2 unspecified atom stereocenters. The van der Waals surface area contributed by atoms with E-state index in [0.717, 1.165) is 5.01 Å². The van der Waals surface area contributed by atoms with Crippen LogP contribution in [-0.4, -0.2) is 53.8 Å². The lowest BCUT2D eigenvalue weighted by atomic mass is 10.1. The van der Waals surface area contributed by atoms with Gasteiger partial charge in [0.05, 0.1) is 11.0 Å². The molecule has 0 radical (unpaired) electrons. The Morgan fingerprint density at radius 2 is 1.78 bits per heavy atom. The van der Waals surface area contributed by atoms with Gasteiger partial charge < -0.3 is 0 Å². The van der Waals surface area contributed by atoms with Crippen LogP contribution in [0.3, 0.4) is 0 Å². The maximum Gasteiger partial charge on any atom is 0.240 e. The standard InChI is InChI=1S/C11H20N2O4S/c1-5-11-8(2)18(16,17)7-6-12(11)13(9(3)14)10(4)15/h8,11H,5-7H2,1-4H3. The highest BCUT2D eigenvalue weighted by Crippen LogP contribution is 2.23. The molecule has 2 atom stereocenters. The zero-order chi connectivity index (χ0) is 14.1. The van der Waals surface area contributed by atoms with E-state index in [4.69, 9.17) is 0 Å². The Kier molecular flexibility index (Phi) is 4.50. The minimum Gasteiger partial charge on any atom is -0.273 e. The van der Waals surface area contributed by atoms with Gasteiger partial charge in [0.15, 0.2) is 9.84 Å². The van der Waals surface area contributed by atoms with E-state index in [1.54, 1.807) is 11.9 Å². The van der Waals surface area contributed by atoms with E-state index in [1.165, 1.54) is 13.8 Å². The Hall–Kier alpha value is -0.950. The number of sulfone groups is 1. The summed E-state index contributed by atoms with van der Waals surface area (Å²) < 4.78 is 23.7. The van der Waals surface area contributed by atoms with Crippen LogP contribution >= 0.6 is 0 Å². The van der Waals surface area contributed by atoms with Gasteiger partial charge in [-0.3, -0.25) is 9.59 Å². The molecule has 1 aliphatic rings. The molecule has 0 aromatic carbocycles. The number of hydrazine groups is 1. The van der Waals surface area contributed by atoms with Crippen LogP contribution in [0.1, 0.15) is 34.1 Å². The second-order valence-electron chi connectivity index (χ2n) is 4.56. The second kappa shape index (κ2) is 5.36. The van der Waals surface area contributed by atoms with Crippen LogP contribution in [0.4, 0.5) is 0 Å². The number of hydrogen-bond acceptors (Lipinski definition) is 5. The van der Waals surface area contributed by atoms with Gasteiger partial charge in [-0.05, 0) is 13.3 Å². The molecule has 1 fully saturated rings. The van der Waals surface area contributed by atoms with E-state index in [2.05, 4.69) is 0 Å². The van der Waals surface area contributed by atoms with E-state index in [9.17, 15) is 18.0 Å². The molecule has 1 saturated heterocycles. The van der Waals surface area contributed by atoms with Gasteiger partial charge in [-0.2, -0.15) is 0 Å². The number of carbonyl (C=O) groups is 2. The van der Waals surface area contributed by atoms with E-state index in [-0.39, 0.29) is 30.2 Å². The third-order valence-corrected chi connectivity index (χ3v) is 5.57. The minimum absolute atomic E-state index is 0.0261. The topological polar surface area (TPSA) is 74.8 Å². The average Bonchev–Trinajstić information content (AvgIpc) is 2.23. The molecule has 18 heavy (non-hydrogen) atoms. The highest BCUT2D eigenvalue weighted by molar-refractivity contribution is 7.92. The molecule has 0 aliphatic carbocycles. The smallest absolute Gasteiger partial charge is 0.240 e. The largest absolute Gasteiger partial charge is 0.273 e. The molecule has 0 saturated carbocycles. The van der Waals surface area contributed by atoms with Crippen LogP contribution in [0.5, 0.6) is 0 Å². The van der Waals surface area contributed by atoms with E-state index >= 15 is 0 Å². The summed E-state index contributed by atoms with van der Waals surface area (Å²) in [5.41, 5.74) is 0. The highest BCUT2D eigenvalue weighted by atomic mass is 32.2. The SMILES string of the molecule is CCC1C(C)S(=O)(=O)CCN1N(C(C)=O)C(C)=O. The number of hydrogen-bond donors (Lipinski definition) is 0. The molecular formula is C11H20N2O4S. The van der Waals surface area contributed by atoms with Gasteiger partial charge in [0.1, 0.15) is 0 Å². The maximum absolute atomic E-state index is 11.8. The third kappa shape index (κ3) is 2.72. The van der Waals surface area contributed by atoms with Crippen molar-refractivity contribution in [2.24, 2.45) is 0 Å². The van der Waals surface area contributed by atoms with Gasteiger partial charge >= 0.3 is 0 Å². The molecule has 1 rings (SSSR count). The molecule has 0 bridgehead atoms. The Labute approximate surface area is 108 Å². The predicted molar refractivity (Wildman–Crippen MR) is 67.2 cm³/mol. The fourth-order valence-electron chi connectivity index (χ4n) is 2.43. The van der Waals surface area contributed by atoms with Crippen LogP contribution in [0.2, 0.25) is 0 Å². The first-order valence-corrected chi connectivity index (χ1v) is 7.73. The summed E-state index contributed by atoms with van der Waals surface area (Å²) in [6.45, 7) is 6.29. The first-order chi connectivity index (χ1) is 8.22. The van der Waals surface area contributed by atoms with Crippen molar-refractivity contribution in [1.29, 1.82) is 0 Å². The van der Waals surface area contributed by atoms with Crippen molar-refractivity contribution in [3.8, 4) is 0 Å². The van der Waals surface area contributed by atoms with Gasteiger partial charge in [-0.25, -0.2) is 18.4 Å². The van der Waals surface area contributed by atoms with E-state index in [1.807, 2.05) is 6.92 Å². The van der Waals surface area contributed by atoms with E-state index < -0.39 is 15.1 Å². The summed E-state index contributed by atoms with van der Waals surface area (Å²) in [5.74, 6) is -0.790. The fourth-order valence-corrected chi connectivity index (χ4v) is 4.05. The van der Waals surface area contributed by atoms with Crippen molar-refractivity contribution in [2.75, 3.05) is 12.3 Å². The van der Waals surface area contributed by atoms with Crippen molar-refractivity contribution in [1.82, 2.24) is 10.0 Å². The van der Waals surface area contributed by atoms with Gasteiger partial charge in [0.2, 0.25) is 11.8 Å². The zero-order valence-corrected chi connectivity index (χ0v) is 12.0. The van der Waals surface area contributed by atoms with Crippen molar-refractivity contribution < 1.29 is 18.0 Å². The molecule has 7 heteroatoms. The van der Waals surface area contributed by atoms with Crippen molar-refractivity contribution in [3.63, 3.8) is 0 Å². The Morgan fingerprint density at radius 3 is 2.17 bits per heavy atom. The lowest BCUT2D eigenvalue weighted by molar-refractivity contribution is -0.166. The van der Waals surface area contributed by atoms with Gasteiger partial charge in [0.25, 0.3) is 0 Å². The van der Waals surface area contributed by atoms with Crippen LogP contribution in [0.25, 0.3) is 0 Å². The number of imide groups is 1. The minimum atomic E-state index is -3.13. The summed E-state index contributed by atoms with van der Waals surface area (Å²) in [6, 6.07) is -0.337. The Morgan fingerprint density at radius 1 is 1.28 bits per heavy atom. The first kappa shape index (κ1) is 15.1. The molecule has 1 aliphatic heterocycles. The van der Waals surface area contributed by atoms with Crippen molar-refractivity contribution in [3.05, 3.63) is 0 Å². The predicted octanol–water partition coefficient (Wildman–Crippen LogP) is 0.194. The van der Waals surface area contributed by atoms with Crippen LogP contribution in [-0.2, 0) is 19.4 Å². The molecule has 0 N–H and O–H groups in total. The van der Waals surface area contributed by atoms with Crippen molar-refractivity contribution in [2.45, 2.75) is 45.4 Å². The third-order valence-electron chi connectivity index (χ3n) is 3.37. The average molecular weight is 276 g/mol.